The van der Waals surface area contributed by atoms with Crippen molar-refractivity contribution in [2.45, 2.75) is 0 Å². The minimum atomic E-state index is 0.160. The predicted octanol–water partition coefficient (Wildman–Crippen LogP) is -0.506. The van der Waals surface area contributed by atoms with E-state index in [-0.39, 0.29) is 5.91 Å². The molecule has 1 N–H and O–H groups in total. The van der Waals surface area contributed by atoms with Crippen molar-refractivity contribution in [2.24, 2.45) is 0 Å². The maximum Gasteiger partial charge on any atom is 0.241 e. The molecule has 0 saturated carbocycles. The first-order valence-electron chi connectivity index (χ1n) is 4.54. The lowest BCUT2D eigenvalue weighted by molar-refractivity contribution is -0.131. The SMILES string of the molecule is C=CNCC(=O)N1CCN(C)CC1. The Morgan fingerprint density at radius 1 is 1.46 bits per heavy atom. The van der Waals surface area contributed by atoms with E-state index in [9.17, 15) is 4.79 Å². The van der Waals surface area contributed by atoms with Gasteiger partial charge in [-0.3, -0.25) is 4.79 Å². The Hall–Kier alpha value is -1.03. The third-order valence-electron chi connectivity index (χ3n) is 2.25. The molecule has 0 bridgehead atoms. The summed E-state index contributed by atoms with van der Waals surface area (Å²) in [4.78, 5) is 15.6. The predicted molar refractivity (Wildman–Crippen MR) is 52.3 cm³/mol. The van der Waals surface area contributed by atoms with Gasteiger partial charge in [0.2, 0.25) is 5.91 Å². The molecule has 0 aromatic carbocycles. The van der Waals surface area contributed by atoms with Gasteiger partial charge in [0, 0.05) is 26.2 Å². The van der Waals surface area contributed by atoms with Gasteiger partial charge < -0.3 is 15.1 Å². The molecule has 4 heteroatoms. The Labute approximate surface area is 79.2 Å². The Kier molecular flexibility index (Phi) is 3.76. The lowest BCUT2D eigenvalue weighted by Gasteiger charge is -2.32. The maximum absolute atomic E-state index is 11.5. The molecule has 1 saturated heterocycles. The van der Waals surface area contributed by atoms with Gasteiger partial charge in [0.25, 0.3) is 0 Å². The zero-order chi connectivity index (χ0) is 9.68. The summed E-state index contributed by atoms with van der Waals surface area (Å²) < 4.78 is 0. The van der Waals surface area contributed by atoms with Crippen molar-refractivity contribution in [3.8, 4) is 0 Å². The molecule has 0 unspecified atom stereocenters. The van der Waals surface area contributed by atoms with E-state index in [4.69, 9.17) is 0 Å². The molecule has 0 aromatic heterocycles. The number of nitrogens with zero attached hydrogens (tertiary/aromatic N) is 2. The molecule has 74 valence electrons. The second-order valence-electron chi connectivity index (χ2n) is 3.27. The van der Waals surface area contributed by atoms with Gasteiger partial charge in [0.1, 0.15) is 0 Å². The van der Waals surface area contributed by atoms with Crippen LogP contribution in [0.25, 0.3) is 0 Å². The number of piperazine rings is 1. The number of hydrogen-bond acceptors (Lipinski definition) is 3. The quantitative estimate of drug-likeness (QED) is 0.640. The van der Waals surface area contributed by atoms with Crippen molar-refractivity contribution in [1.82, 2.24) is 15.1 Å². The first-order valence-corrected chi connectivity index (χ1v) is 4.54. The summed E-state index contributed by atoms with van der Waals surface area (Å²) in [6, 6.07) is 0. The number of amides is 1. The molecular formula is C9H17N3O. The van der Waals surface area contributed by atoms with Gasteiger partial charge in [-0.05, 0) is 13.2 Å². The summed E-state index contributed by atoms with van der Waals surface area (Å²) in [7, 11) is 2.07. The summed E-state index contributed by atoms with van der Waals surface area (Å²) in [6.45, 7) is 7.49. The standard InChI is InChI=1S/C9H17N3O/c1-3-10-8-9(13)12-6-4-11(2)5-7-12/h3,10H,1,4-8H2,2H3. The third-order valence-corrected chi connectivity index (χ3v) is 2.25. The highest BCUT2D eigenvalue weighted by molar-refractivity contribution is 5.78. The summed E-state index contributed by atoms with van der Waals surface area (Å²) in [5.74, 6) is 0.160. The zero-order valence-electron chi connectivity index (χ0n) is 8.12. The van der Waals surface area contributed by atoms with Gasteiger partial charge in [-0.15, -0.1) is 0 Å². The normalized spacial score (nSPS) is 18.4. The minimum Gasteiger partial charge on any atom is -0.383 e. The topological polar surface area (TPSA) is 35.6 Å². The summed E-state index contributed by atoms with van der Waals surface area (Å²) in [5, 5.41) is 2.82. The zero-order valence-corrected chi connectivity index (χ0v) is 8.12. The van der Waals surface area contributed by atoms with Crippen LogP contribution in [0.15, 0.2) is 12.8 Å². The number of hydrogen-bond donors (Lipinski definition) is 1. The largest absolute Gasteiger partial charge is 0.383 e. The third kappa shape index (κ3) is 3.06. The van der Waals surface area contributed by atoms with E-state index in [2.05, 4.69) is 23.8 Å². The molecule has 0 radical (unpaired) electrons. The van der Waals surface area contributed by atoms with E-state index in [1.165, 1.54) is 0 Å². The number of carbonyl (C=O) groups is 1. The average molecular weight is 183 g/mol. The van der Waals surface area contributed by atoms with E-state index in [1.54, 1.807) is 6.20 Å². The van der Waals surface area contributed by atoms with Gasteiger partial charge in [0.05, 0.1) is 6.54 Å². The van der Waals surface area contributed by atoms with E-state index in [0.29, 0.717) is 6.54 Å². The summed E-state index contributed by atoms with van der Waals surface area (Å²) in [6.07, 6.45) is 1.55. The smallest absolute Gasteiger partial charge is 0.241 e. The highest BCUT2D eigenvalue weighted by atomic mass is 16.2. The molecule has 1 rings (SSSR count). The molecule has 0 atom stereocenters. The van der Waals surface area contributed by atoms with Crippen molar-refractivity contribution in [1.29, 1.82) is 0 Å². The van der Waals surface area contributed by atoms with Gasteiger partial charge in [-0.2, -0.15) is 0 Å². The second kappa shape index (κ2) is 4.87. The number of likely N-dealkylation sites (N-methyl/N-ethyl adjacent to an activating group) is 1. The van der Waals surface area contributed by atoms with Crippen LogP contribution >= 0.6 is 0 Å². The molecule has 1 fully saturated rings. The van der Waals surface area contributed by atoms with Gasteiger partial charge in [-0.1, -0.05) is 6.58 Å². The van der Waals surface area contributed by atoms with Crippen LogP contribution in [0.5, 0.6) is 0 Å². The monoisotopic (exact) mass is 183 g/mol. The molecule has 1 amide bonds. The highest BCUT2D eigenvalue weighted by Gasteiger charge is 2.17. The Morgan fingerprint density at radius 3 is 2.62 bits per heavy atom. The fourth-order valence-corrected chi connectivity index (χ4v) is 1.33. The van der Waals surface area contributed by atoms with Crippen molar-refractivity contribution >= 4 is 5.91 Å². The van der Waals surface area contributed by atoms with E-state index in [0.717, 1.165) is 26.2 Å². The molecule has 13 heavy (non-hydrogen) atoms. The highest BCUT2D eigenvalue weighted by Crippen LogP contribution is 1.98. The van der Waals surface area contributed by atoms with Crippen molar-refractivity contribution in [3.05, 3.63) is 12.8 Å². The van der Waals surface area contributed by atoms with Crippen LogP contribution in [0.2, 0.25) is 0 Å². The van der Waals surface area contributed by atoms with Gasteiger partial charge in [-0.25, -0.2) is 0 Å². The summed E-state index contributed by atoms with van der Waals surface area (Å²) >= 11 is 0. The molecule has 1 aliphatic rings. The van der Waals surface area contributed by atoms with Gasteiger partial charge >= 0.3 is 0 Å². The molecule has 1 heterocycles. The lowest BCUT2D eigenvalue weighted by atomic mass is 10.3. The van der Waals surface area contributed by atoms with Crippen LogP contribution in [0, 0.1) is 0 Å². The van der Waals surface area contributed by atoms with Crippen LogP contribution in [0.4, 0.5) is 0 Å². The van der Waals surface area contributed by atoms with Crippen molar-refractivity contribution < 1.29 is 4.79 Å². The van der Waals surface area contributed by atoms with Gasteiger partial charge in [0.15, 0.2) is 0 Å². The lowest BCUT2D eigenvalue weighted by Crippen LogP contribution is -2.49. The second-order valence-corrected chi connectivity index (χ2v) is 3.27. The van der Waals surface area contributed by atoms with E-state index >= 15 is 0 Å². The van der Waals surface area contributed by atoms with Crippen LogP contribution < -0.4 is 5.32 Å². The number of rotatable bonds is 3. The Morgan fingerprint density at radius 2 is 2.08 bits per heavy atom. The van der Waals surface area contributed by atoms with Crippen LogP contribution in [0.3, 0.4) is 0 Å². The molecule has 0 aliphatic carbocycles. The van der Waals surface area contributed by atoms with Crippen LogP contribution in [-0.4, -0.2) is 55.5 Å². The molecule has 1 aliphatic heterocycles. The van der Waals surface area contributed by atoms with Crippen LogP contribution in [0.1, 0.15) is 0 Å². The molecule has 0 spiro atoms. The van der Waals surface area contributed by atoms with E-state index in [1.807, 2.05) is 4.90 Å². The number of carbonyl (C=O) groups excluding carboxylic acids is 1. The fourth-order valence-electron chi connectivity index (χ4n) is 1.33. The average Bonchev–Trinajstić information content (AvgIpc) is 2.15. The van der Waals surface area contributed by atoms with Crippen LogP contribution in [-0.2, 0) is 4.79 Å². The molecule has 0 aromatic rings. The van der Waals surface area contributed by atoms with Crippen molar-refractivity contribution in [3.63, 3.8) is 0 Å². The minimum absolute atomic E-state index is 0.160. The first-order chi connectivity index (χ1) is 6.24. The molecular weight excluding hydrogens is 166 g/mol. The summed E-state index contributed by atoms with van der Waals surface area (Å²) in [5.41, 5.74) is 0. The Bertz CT molecular complexity index is 185. The molecule has 4 nitrogen and oxygen atoms in total. The van der Waals surface area contributed by atoms with E-state index < -0.39 is 0 Å². The fraction of sp³-hybridized carbons (Fsp3) is 0.667. The number of nitrogens with one attached hydrogen (secondary N) is 1. The van der Waals surface area contributed by atoms with Crippen molar-refractivity contribution in [2.75, 3.05) is 39.8 Å². The maximum atomic E-state index is 11.5. The first kappa shape index (κ1) is 10.1. The Balaban J connectivity index is 2.27.